The molecule has 0 fully saturated rings. The Morgan fingerprint density at radius 1 is 1.54 bits per heavy atom. The number of benzene rings is 1. The Morgan fingerprint density at radius 3 is 2.85 bits per heavy atom. The molecule has 0 aromatic heterocycles. The van der Waals surface area contributed by atoms with E-state index in [2.05, 4.69) is 34.3 Å². The van der Waals surface area contributed by atoms with Crippen molar-refractivity contribution in [3.63, 3.8) is 0 Å². The zero-order valence-electron chi connectivity index (χ0n) is 7.46. The summed E-state index contributed by atoms with van der Waals surface area (Å²) in [5.74, 6) is 6.27. The van der Waals surface area contributed by atoms with Gasteiger partial charge in [0, 0.05) is 21.2 Å². The van der Waals surface area contributed by atoms with E-state index in [-0.39, 0.29) is 0 Å². The van der Waals surface area contributed by atoms with Gasteiger partial charge in [0.05, 0.1) is 0 Å². The van der Waals surface area contributed by atoms with Crippen molar-refractivity contribution in [1.82, 2.24) is 5.43 Å². The molecule has 1 aromatic rings. The Hall–Kier alpha value is -0.0300. The number of thioether (sulfide) groups is 1. The first-order valence-electron chi connectivity index (χ1n) is 4.07. The quantitative estimate of drug-likeness (QED) is 0.496. The van der Waals surface area contributed by atoms with E-state index in [4.69, 9.17) is 5.84 Å². The summed E-state index contributed by atoms with van der Waals surface area (Å²) in [5.41, 5.74) is 2.72. The predicted octanol–water partition coefficient (Wildman–Crippen LogP) is 2.39. The lowest BCUT2D eigenvalue weighted by Crippen LogP contribution is -2.34. The van der Waals surface area contributed by atoms with Crippen molar-refractivity contribution in [3.05, 3.63) is 28.7 Å². The number of rotatable bonds is 4. The van der Waals surface area contributed by atoms with Crippen LogP contribution in [0.2, 0.25) is 0 Å². The molecule has 0 saturated heterocycles. The van der Waals surface area contributed by atoms with Crippen LogP contribution in [-0.4, -0.2) is 11.8 Å². The zero-order chi connectivity index (χ0) is 9.68. The second-order valence-electron chi connectivity index (χ2n) is 2.81. The van der Waals surface area contributed by atoms with Gasteiger partial charge in [-0.05, 0) is 35.0 Å². The standard InChI is InChI=1S/C9H13BrN2S/c1-7(12-11)6-13-9-5-3-2-4-8(9)10/h2-5,7,12H,6,11H2,1H3. The molecule has 0 aliphatic heterocycles. The van der Waals surface area contributed by atoms with Crippen LogP contribution >= 0.6 is 27.7 Å². The van der Waals surface area contributed by atoms with Crippen molar-refractivity contribution in [2.75, 3.05) is 5.75 Å². The normalized spacial score (nSPS) is 12.8. The topological polar surface area (TPSA) is 38.0 Å². The first kappa shape index (κ1) is 11.0. The smallest absolute Gasteiger partial charge is 0.0311 e. The minimum atomic E-state index is 0.331. The molecule has 0 saturated carbocycles. The van der Waals surface area contributed by atoms with Gasteiger partial charge >= 0.3 is 0 Å². The van der Waals surface area contributed by atoms with Gasteiger partial charge in [0.25, 0.3) is 0 Å². The van der Waals surface area contributed by atoms with Crippen molar-refractivity contribution in [2.45, 2.75) is 17.9 Å². The predicted molar refractivity (Wildman–Crippen MR) is 61.7 cm³/mol. The largest absolute Gasteiger partial charge is 0.271 e. The van der Waals surface area contributed by atoms with E-state index in [1.54, 1.807) is 11.8 Å². The fraction of sp³-hybridized carbons (Fsp3) is 0.333. The molecule has 4 heteroatoms. The van der Waals surface area contributed by atoms with Crippen molar-refractivity contribution < 1.29 is 0 Å². The second-order valence-corrected chi connectivity index (χ2v) is 4.73. The summed E-state index contributed by atoms with van der Waals surface area (Å²) in [5, 5.41) is 0. The molecule has 0 heterocycles. The average Bonchev–Trinajstić information content (AvgIpc) is 2.16. The average molecular weight is 261 g/mol. The maximum atomic E-state index is 5.30. The van der Waals surface area contributed by atoms with Crippen LogP contribution in [0, 0.1) is 0 Å². The van der Waals surface area contributed by atoms with E-state index in [1.807, 2.05) is 18.2 Å². The lowest BCUT2D eigenvalue weighted by Gasteiger charge is -2.09. The van der Waals surface area contributed by atoms with Crippen molar-refractivity contribution >= 4 is 27.7 Å². The van der Waals surface area contributed by atoms with Crippen LogP contribution in [-0.2, 0) is 0 Å². The molecule has 3 N–H and O–H groups in total. The van der Waals surface area contributed by atoms with Crippen LogP contribution in [0.15, 0.2) is 33.6 Å². The summed E-state index contributed by atoms with van der Waals surface area (Å²) in [7, 11) is 0. The van der Waals surface area contributed by atoms with E-state index >= 15 is 0 Å². The third-order valence-electron chi connectivity index (χ3n) is 1.61. The van der Waals surface area contributed by atoms with Gasteiger partial charge in [-0.1, -0.05) is 12.1 Å². The maximum absolute atomic E-state index is 5.30. The Morgan fingerprint density at radius 2 is 2.23 bits per heavy atom. The first-order valence-corrected chi connectivity index (χ1v) is 5.85. The number of hydrogen-bond donors (Lipinski definition) is 2. The summed E-state index contributed by atoms with van der Waals surface area (Å²) >= 11 is 5.29. The molecule has 2 nitrogen and oxygen atoms in total. The number of nitrogens with one attached hydrogen (secondary N) is 1. The molecule has 1 rings (SSSR count). The van der Waals surface area contributed by atoms with Gasteiger partial charge < -0.3 is 0 Å². The Balaban J connectivity index is 2.50. The van der Waals surface area contributed by atoms with Gasteiger partial charge in [-0.15, -0.1) is 11.8 Å². The summed E-state index contributed by atoms with van der Waals surface area (Å²) in [6, 6.07) is 8.52. The molecule has 1 unspecified atom stereocenters. The van der Waals surface area contributed by atoms with E-state index < -0.39 is 0 Å². The van der Waals surface area contributed by atoms with Gasteiger partial charge in [-0.2, -0.15) is 0 Å². The molecule has 0 radical (unpaired) electrons. The zero-order valence-corrected chi connectivity index (χ0v) is 9.86. The monoisotopic (exact) mass is 260 g/mol. The van der Waals surface area contributed by atoms with Gasteiger partial charge in [0.2, 0.25) is 0 Å². The van der Waals surface area contributed by atoms with Gasteiger partial charge in [0.1, 0.15) is 0 Å². The first-order chi connectivity index (χ1) is 6.24. The molecule has 1 atom stereocenters. The molecule has 72 valence electrons. The SMILES string of the molecule is CC(CSc1ccccc1Br)NN. The van der Waals surface area contributed by atoms with Crippen molar-refractivity contribution in [1.29, 1.82) is 0 Å². The van der Waals surface area contributed by atoms with Crippen molar-refractivity contribution in [2.24, 2.45) is 5.84 Å². The highest BCUT2D eigenvalue weighted by molar-refractivity contribution is 9.10. The minimum absolute atomic E-state index is 0.331. The highest BCUT2D eigenvalue weighted by atomic mass is 79.9. The van der Waals surface area contributed by atoms with Crippen LogP contribution in [0.5, 0.6) is 0 Å². The van der Waals surface area contributed by atoms with Gasteiger partial charge in [-0.3, -0.25) is 11.3 Å². The summed E-state index contributed by atoms with van der Waals surface area (Å²) < 4.78 is 1.14. The van der Waals surface area contributed by atoms with Crippen LogP contribution < -0.4 is 11.3 Å². The maximum Gasteiger partial charge on any atom is 0.0311 e. The van der Waals surface area contributed by atoms with Crippen molar-refractivity contribution in [3.8, 4) is 0 Å². The van der Waals surface area contributed by atoms with E-state index in [0.29, 0.717) is 6.04 Å². The minimum Gasteiger partial charge on any atom is -0.271 e. The molecular weight excluding hydrogens is 248 g/mol. The molecule has 1 aromatic carbocycles. The van der Waals surface area contributed by atoms with Crippen LogP contribution in [0.25, 0.3) is 0 Å². The lowest BCUT2D eigenvalue weighted by molar-refractivity contribution is 0.625. The van der Waals surface area contributed by atoms with Gasteiger partial charge in [-0.25, -0.2) is 0 Å². The summed E-state index contributed by atoms with van der Waals surface area (Å²) in [4.78, 5) is 1.25. The number of halogens is 1. The Kier molecular flexibility index (Phi) is 4.80. The molecular formula is C9H13BrN2S. The van der Waals surface area contributed by atoms with Crippen LogP contribution in [0.1, 0.15) is 6.92 Å². The molecule has 0 amide bonds. The molecule has 0 aliphatic rings. The molecule has 0 aliphatic carbocycles. The molecule has 0 bridgehead atoms. The van der Waals surface area contributed by atoms with E-state index in [0.717, 1.165) is 10.2 Å². The highest BCUT2D eigenvalue weighted by Crippen LogP contribution is 2.27. The van der Waals surface area contributed by atoms with Gasteiger partial charge in [0.15, 0.2) is 0 Å². The lowest BCUT2D eigenvalue weighted by atomic mass is 10.4. The fourth-order valence-corrected chi connectivity index (χ4v) is 2.36. The van der Waals surface area contributed by atoms with E-state index in [9.17, 15) is 0 Å². The number of nitrogens with two attached hydrogens (primary N) is 1. The second kappa shape index (κ2) is 5.65. The number of hydrogen-bond acceptors (Lipinski definition) is 3. The number of hydrazine groups is 1. The van der Waals surface area contributed by atoms with Crippen LogP contribution in [0.3, 0.4) is 0 Å². The summed E-state index contributed by atoms with van der Waals surface area (Å²) in [6.45, 7) is 2.06. The van der Waals surface area contributed by atoms with E-state index in [1.165, 1.54) is 4.90 Å². The molecule has 13 heavy (non-hydrogen) atoms. The Labute approximate surface area is 91.4 Å². The summed E-state index contributed by atoms with van der Waals surface area (Å²) in [6.07, 6.45) is 0. The fourth-order valence-electron chi connectivity index (χ4n) is 0.825. The molecule has 0 spiro atoms. The third-order valence-corrected chi connectivity index (χ3v) is 3.90. The third kappa shape index (κ3) is 3.68. The van der Waals surface area contributed by atoms with Crippen LogP contribution in [0.4, 0.5) is 0 Å². The highest BCUT2D eigenvalue weighted by Gasteiger charge is 2.02. The Bertz CT molecular complexity index is 268.